The summed E-state index contributed by atoms with van der Waals surface area (Å²) in [5.41, 5.74) is 0.850. The monoisotopic (exact) mass is 344 g/mol. The van der Waals surface area contributed by atoms with Crippen molar-refractivity contribution in [2.24, 2.45) is 0 Å². The minimum absolute atomic E-state index is 0.209. The molecule has 7 nitrogen and oxygen atoms in total. The van der Waals surface area contributed by atoms with E-state index < -0.39 is 0 Å². The van der Waals surface area contributed by atoms with Crippen LogP contribution in [0.4, 0.5) is 0 Å². The second kappa shape index (κ2) is 8.11. The molecule has 0 saturated carbocycles. The van der Waals surface area contributed by atoms with E-state index in [1.54, 1.807) is 7.11 Å². The average Bonchev–Trinajstić information content (AvgIpc) is 3.11. The molecule has 1 fully saturated rings. The van der Waals surface area contributed by atoms with Crippen molar-refractivity contribution in [1.82, 2.24) is 19.9 Å². The van der Waals surface area contributed by atoms with Gasteiger partial charge in [0, 0.05) is 44.6 Å². The molecule has 1 aromatic carbocycles. The highest BCUT2D eigenvalue weighted by Gasteiger charge is 2.19. The maximum Gasteiger partial charge on any atom is 0.226 e. The van der Waals surface area contributed by atoms with E-state index in [0.717, 1.165) is 37.5 Å². The molecule has 0 atom stereocenters. The molecule has 2 heterocycles. The molecule has 1 aliphatic heterocycles. The van der Waals surface area contributed by atoms with E-state index >= 15 is 0 Å². The van der Waals surface area contributed by atoms with Crippen molar-refractivity contribution < 1.29 is 14.1 Å². The molecule has 2 aromatic rings. The summed E-state index contributed by atoms with van der Waals surface area (Å²) in [5.74, 6) is 2.06. The minimum Gasteiger partial charge on any atom is -0.497 e. The summed E-state index contributed by atoms with van der Waals surface area (Å²) < 4.78 is 10.5. The van der Waals surface area contributed by atoms with Gasteiger partial charge in [-0.15, -0.1) is 0 Å². The van der Waals surface area contributed by atoms with Crippen LogP contribution in [0.1, 0.15) is 18.7 Å². The van der Waals surface area contributed by atoms with Crippen LogP contribution in [0.15, 0.2) is 28.8 Å². The molecule has 1 aliphatic rings. The number of ether oxygens (including phenoxy) is 1. The predicted octanol–water partition coefficient (Wildman–Crippen LogP) is 1.84. The van der Waals surface area contributed by atoms with Gasteiger partial charge in [-0.3, -0.25) is 4.79 Å². The van der Waals surface area contributed by atoms with Crippen molar-refractivity contribution in [2.45, 2.75) is 19.3 Å². The smallest absolute Gasteiger partial charge is 0.226 e. The molecule has 1 amide bonds. The van der Waals surface area contributed by atoms with E-state index in [0.29, 0.717) is 31.0 Å². The molecule has 7 heteroatoms. The number of aromatic nitrogens is 2. The zero-order valence-corrected chi connectivity index (χ0v) is 14.8. The summed E-state index contributed by atoms with van der Waals surface area (Å²) in [6.45, 7) is 3.52. The standard InChI is InChI=1S/C18H24N4O3/c1-21-9-11-22(12-10-21)17(23)8-4-7-16-19-18(20-25-16)14-5-3-6-15(13-14)24-2/h3,5-6,13H,4,7-12H2,1-2H3. The van der Waals surface area contributed by atoms with Gasteiger partial charge in [0.05, 0.1) is 7.11 Å². The van der Waals surface area contributed by atoms with Crippen LogP contribution in [0.3, 0.4) is 0 Å². The Balaban J connectivity index is 1.49. The number of nitrogens with zero attached hydrogens (tertiary/aromatic N) is 4. The van der Waals surface area contributed by atoms with Gasteiger partial charge >= 0.3 is 0 Å². The Morgan fingerprint density at radius 1 is 1.28 bits per heavy atom. The fourth-order valence-corrected chi connectivity index (χ4v) is 2.84. The number of amides is 1. The molecule has 0 bridgehead atoms. The van der Waals surface area contributed by atoms with Crippen molar-refractivity contribution in [1.29, 1.82) is 0 Å². The topological polar surface area (TPSA) is 71.7 Å². The molecular formula is C18H24N4O3. The maximum absolute atomic E-state index is 12.2. The lowest BCUT2D eigenvalue weighted by Crippen LogP contribution is -2.47. The molecule has 25 heavy (non-hydrogen) atoms. The van der Waals surface area contributed by atoms with E-state index in [9.17, 15) is 4.79 Å². The number of carbonyl (C=O) groups excluding carboxylic acids is 1. The summed E-state index contributed by atoms with van der Waals surface area (Å²) >= 11 is 0. The summed E-state index contributed by atoms with van der Waals surface area (Å²) in [4.78, 5) is 20.8. The Bertz CT molecular complexity index is 708. The summed E-state index contributed by atoms with van der Waals surface area (Å²) in [6.07, 6.45) is 1.84. The third-order valence-electron chi connectivity index (χ3n) is 4.43. The normalized spacial score (nSPS) is 15.4. The lowest BCUT2D eigenvalue weighted by Gasteiger charge is -2.32. The van der Waals surface area contributed by atoms with Crippen LogP contribution in [0.2, 0.25) is 0 Å². The van der Waals surface area contributed by atoms with Crippen molar-refractivity contribution in [3.05, 3.63) is 30.2 Å². The predicted molar refractivity (Wildman–Crippen MR) is 93.3 cm³/mol. The summed E-state index contributed by atoms with van der Waals surface area (Å²) in [6, 6.07) is 7.53. The first-order chi connectivity index (χ1) is 12.2. The van der Waals surface area contributed by atoms with Crippen LogP contribution >= 0.6 is 0 Å². The molecule has 134 valence electrons. The number of likely N-dealkylation sites (N-methyl/N-ethyl adjacent to an activating group) is 1. The van der Waals surface area contributed by atoms with Gasteiger partial charge in [0.1, 0.15) is 5.75 Å². The lowest BCUT2D eigenvalue weighted by atomic mass is 10.2. The van der Waals surface area contributed by atoms with Crippen molar-refractivity contribution in [3.8, 4) is 17.1 Å². The Morgan fingerprint density at radius 2 is 2.08 bits per heavy atom. The number of methoxy groups -OCH3 is 1. The molecule has 0 aliphatic carbocycles. The van der Waals surface area contributed by atoms with Gasteiger partial charge < -0.3 is 19.1 Å². The maximum atomic E-state index is 12.2. The number of hydrogen-bond acceptors (Lipinski definition) is 6. The van der Waals surface area contributed by atoms with Gasteiger partial charge in [0.25, 0.3) is 0 Å². The number of rotatable bonds is 6. The zero-order chi connectivity index (χ0) is 17.6. The number of carbonyl (C=O) groups is 1. The second-order valence-corrected chi connectivity index (χ2v) is 6.28. The van der Waals surface area contributed by atoms with Crippen molar-refractivity contribution in [2.75, 3.05) is 40.3 Å². The fourth-order valence-electron chi connectivity index (χ4n) is 2.84. The van der Waals surface area contributed by atoms with Gasteiger partial charge in [0.15, 0.2) is 0 Å². The van der Waals surface area contributed by atoms with Crippen LogP contribution in [-0.4, -0.2) is 66.2 Å². The first-order valence-corrected chi connectivity index (χ1v) is 8.59. The SMILES string of the molecule is COc1cccc(-c2noc(CCCC(=O)N3CCN(C)CC3)n2)c1. The molecular weight excluding hydrogens is 320 g/mol. The van der Waals surface area contributed by atoms with Gasteiger partial charge in [-0.1, -0.05) is 17.3 Å². The number of hydrogen-bond donors (Lipinski definition) is 0. The van der Waals surface area contributed by atoms with E-state index in [2.05, 4.69) is 22.1 Å². The van der Waals surface area contributed by atoms with Crippen LogP contribution in [0.5, 0.6) is 5.75 Å². The molecule has 0 N–H and O–H groups in total. The fraction of sp³-hybridized carbons (Fsp3) is 0.500. The number of aryl methyl sites for hydroxylation is 1. The highest BCUT2D eigenvalue weighted by atomic mass is 16.5. The van der Waals surface area contributed by atoms with Crippen LogP contribution in [-0.2, 0) is 11.2 Å². The van der Waals surface area contributed by atoms with E-state index in [-0.39, 0.29) is 5.91 Å². The molecule has 3 rings (SSSR count). The minimum atomic E-state index is 0.209. The zero-order valence-electron chi connectivity index (χ0n) is 14.8. The van der Waals surface area contributed by atoms with Gasteiger partial charge in [-0.05, 0) is 25.6 Å². The van der Waals surface area contributed by atoms with Gasteiger partial charge in [-0.25, -0.2) is 0 Å². The molecule has 1 aromatic heterocycles. The molecule has 0 spiro atoms. The van der Waals surface area contributed by atoms with E-state index in [1.807, 2.05) is 29.2 Å². The largest absolute Gasteiger partial charge is 0.497 e. The third-order valence-corrected chi connectivity index (χ3v) is 4.43. The summed E-state index contributed by atoms with van der Waals surface area (Å²) in [5, 5.41) is 4.02. The number of piperazine rings is 1. The van der Waals surface area contributed by atoms with E-state index in [1.165, 1.54) is 0 Å². The lowest BCUT2D eigenvalue weighted by molar-refractivity contribution is -0.132. The first-order valence-electron chi connectivity index (χ1n) is 8.59. The average molecular weight is 344 g/mol. The first kappa shape index (κ1) is 17.4. The van der Waals surface area contributed by atoms with Crippen molar-refractivity contribution in [3.63, 3.8) is 0 Å². The molecule has 0 radical (unpaired) electrons. The highest BCUT2D eigenvalue weighted by Crippen LogP contribution is 2.21. The van der Waals surface area contributed by atoms with E-state index in [4.69, 9.17) is 9.26 Å². The van der Waals surface area contributed by atoms with Gasteiger partial charge in [-0.2, -0.15) is 4.98 Å². The van der Waals surface area contributed by atoms with Crippen LogP contribution in [0.25, 0.3) is 11.4 Å². The third kappa shape index (κ3) is 4.57. The van der Waals surface area contributed by atoms with Crippen LogP contribution < -0.4 is 4.74 Å². The highest BCUT2D eigenvalue weighted by molar-refractivity contribution is 5.76. The number of benzene rings is 1. The molecule has 1 saturated heterocycles. The van der Waals surface area contributed by atoms with Crippen LogP contribution in [0, 0.1) is 0 Å². The Morgan fingerprint density at radius 3 is 2.84 bits per heavy atom. The molecule has 0 unspecified atom stereocenters. The second-order valence-electron chi connectivity index (χ2n) is 6.28. The summed E-state index contributed by atoms with van der Waals surface area (Å²) in [7, 11) is 3.70. The quantitative estimate of drug-likeness (QED) is 0.796. The van der Waals surface area contributed by atoms with Gasteiger partial charge in [0.2, 0.25) is 17.6 Å². The Labute approximate surface area is 147 Å². The van der Waals surface area contributed by atoms with Crippen molar-refractivity contribution >= 4 is 5.91 Å². The Kier molecular flexibility index (Phi) is 5.65. The Hall–Kier alpha value is -2.41.